The summed E-state index contributed by atoms with van der Waals surface area (Å²) in [5.41, 5.74) is 2.20. The molecule has 0 aromatic carbocycles. The standard InChI is InChI=1S/C12H17N5O2/c18-12(19)17-4-2-8(6-17)16-11-9-5-13-3-1-10(9)14-7-15-11/h7-8,13H,1-6H2,(H,18,19)(H,14,15,16)/t8-/m0/s1. The number of hydrogen-bond acceptors (Lipinski definition) is 5. The summed E-state index contributed by atoms with van der Waals surface area (Å²) < 4.78 is 0. The van der Waals surface area contributed by atoms with E-state index in [0.29, 0.717) is 13.1 Å². The van der Waals surface area contributed by atoms with E-state index in [1.807, 2.05) is 0 Å². The predicted molar refractivity (Wildman–Crippen MR) is 69.1 cm³/mol. The number of carboxylic acid groups (broad SMARTS) is 1. The van der Waals surface area contributed by atoms with E-state index in [1.54, 1.807) is 6.33 Å². The molecule has 3 rings (SSSR count). The monoisotopic (exact) mass is 263 g/mol. The fourth-order valence-corrected chi connectivity index (χ4v) is 2.64. The Balaban J connectivity index is 1.72. The van der Waals surface area contributed by atoms with Gasteiger partial charge in [-0.1, -0.05) is 0 Å². The molecule has 2 aliphatic heterocycles. The van der Waals surface area contributed by atoms with Gasteiger partial charge in [-0.2, -0.15) is 0 Å². The first kappa shape index (κ1) is 12.2. The number of amides is 1. The van der Waals surface area contributed by atoms with Crippen molar-refractivity contribution < 1.29 is 9.90 Å². The second-order valence-electron chi connectivity index (χ2n) is 4.93. The van der Waals surface area contributed by atoms with Gasteiger partial charge in [0.25, 0.3) is 0 Å². The van der Waals surface area contributed by atoms with Crippen LogP contribution in [0.15, 0.2) is 6.33 Å². The van der Waals surface area contributed by atoms with Gasteiger partial charge in [0.05, 0.1) is 5.69 Å². The molecule has 1 amide bonds. The van der Waals surface area contributed by atoms with Crippen LogP contribution >= 0.6 is 0 Å². The highest BCUT2D eigenvalue weighted by molar-refractivity contribution is 5.65. The van der Waals surface area contributed by atoms with Gasteiger partial charge in [0.1, 0.15) is 12.1 Å². The van der Waals surface area contributed by atoms with Crippen molar-refractivity contribution in [1.82, 2.24) is 20.2 Å². The number of likely N-dealkylation sites (tertiary alicyclic amines) is 1. The zero-order chi connectivity index (χ0) is 13.2. The van der Waals surface area contributed by atoms with E-state index in [-0.39, 0.29) is 6.04 Å². The molecule has 0 aliphatic carbocycles. The third kappa shape index (κ3) is 2.46. The highest BCUT2D eigenvalue weighted by atomic mass is 16.4. The molecule has 3 N–H and O–H groups in total. The lowest BCUT2D eigenvalue weighted by Crippen LogP contribution is -2.31. The highest BCUT2D eigenvalue weighted by Crippen LogP contribution is 2.21. The van der Waals surface area contributed by atoms with Crippen molar-refractivity contribution in [2.45, 2.75) is 25.4 Å². The average Bonchev–Trinajstić information content (AvgIpc) is 2.88. The SMILES string of the molecule is O=C(O)N1CC[C@H](Nc2ncnc3c2CNCC3)C1. The van der Waals surface area contributed by atoms with Crippen LogP contribution < -0.4 is 10.6 Å². The summed E-state index contributed by atoms with van der Waals surface area (Å²) in [6.45, 7) is 2.81. The molecule has 3 heterocycles. The summed E-state index contributed by atoms with van der Waals surface area (Å²) in [7, 11) is 0. The van der Waals surface area contributed by atoms with Crippen molar-refractivity contribution in [3.8, 4) is 0 Å². The number of hydrogen-bond donors (Lipinski definition) is 3. The summed E-state index contributed by atoms with van der Waals surface area (Å²) in [5.74, 6) is 0.842. The molecule has 0 saturated carbocycles. The Bertz CT molecular complexity index is 493. The molecule has 0 spiro atoms. The minimum atomic E-state index is -0.851. The van der Waals surface area contributed by atoms with Crippen LogP contribution in [0, 0.1) is 0 Å². The van der Waals surface area contributed by atoms with Crippen molar-refractivity contribution in [1.29, 1.82) is 0 Å². The zero-order valence-corrected chi connectivity index (χ0v) is 10.6. The van der Waals surface area contributed by atoms with Gasteiger partial charge in [0, 0.05) is 44.2 Å². The van der Waals surface area contributed by atoms with E-state index in [4.69, 9.17) is 5.11 Å². The second-order valence-corrected chi connectivity index (χ2v) is 4.93. The summed E-state index contributed by atoms with van der Waals surface area (Å²) in [4.78, 5) is 20.9. The van der Waals surface area contributed by atoms with Gasteiger partial charge < -0.3 is 20.6 Å². The third-order valence-corrected chi connectivity index (χ3v) is 3.67. The molecule has 0 radical (unpaired) electrons. The molecule has 102 valence electrons. The van der Waals surface area contributed by atoms with E-state index < -0.39 is 6.09 Å². The Labute approximate surface area is 111 Å². The van der Waals surface area contributed by atoms with Gasteiger partial charge in [-0.25, -0.2) is 14.8 Å². The van der Waals surface area contributed by atoms with Gasteiger partial charge in [0.15, 0.2) is 0 Å². The highest BCUT2D eigenvalue weighted by Gasteiger charge is 2.27. The van der Waals surface area contributed by atoms with Gasteiger partial charge in [0.2, 0.25) is 0 Å². The molecule has 19 heavy (non-hydrogen) atoms. The molecule has 0 unspecified atom stereocenters. The number of rotatable bonds is 2. The van der Waals surface area contributed by atoms with Crippen molar-refractivity contribution in [3.05, 3.63) is 17.6 Å². The second kappa shape index (κ2) is 5.00. The Hall–Kier alpha value is -1.89. The molecule has 1 aromatic rings. The molecule has 0 bridgehead atoms. The Morgan fingerprint density at radius 1 is 1.53 bits per heavy atom. The number of nitrogens with one attached hydrogen (secondary N) is 2. The molecular weight excluding hydrogens is 246 g/mol. The normalized spacial score (nSPS) is 22.1. The Morgan fingerprint density at radius 3 is 3.21 bits per heavy atom. The quantitative estimate of drug-likeness (QED) is 0.710. The smallest absolute Gasteiger partial charge is 0.407 e. The van der Waals surface area contributed by atoms with Crippen LogP contribution in [0.3, 0.4) is 0 Å². The Morgan fingerprint density at radius 2 is 2.42 bits per heavy atom. The van der Waals surface area contributed by atoms with Gasteiger partial charge in [-0.15, -0.1) is 0 Å². The number of carbonyl (C=O) groups is 1. The van der Waals surface area contributed by atoms with Gasteiger partial charge in [-0.05, 0) is 6.42 Å². The lowest BCUT2D eigenvalue weighted by Gasteiger charge is -2.21. The lowest BCUT2D eigenvalue weighted by molar-refractivity contribution is 0.155. The summed E-state index contributed by atoms with van der Waals surface area (Å²) in [6, 6.07) is 0.136. The number of aromatic nitrogens is 2. The van der Waals surface area contributed by atoms with Crippen molar-refractivity contribution in [2.24, 2.45) is 0 Å². The average molecular weight is 263 g/mol. The van der Waals surface area contributed by atoms with E-state index in [0.717, 1.165) is 43.0 Å². The molecule has 1 fully saturated rings. The van der Waals surface area contributed by atoms with E-state index >= 15 is 0 Å². The zero-order valence-electron chi connectivity index (χ0n) is 10.6. The van der Waals surface area contributed by atoms with Crippen LogP contribution in [0.2, 0.25) is 0 Å². The van der Waals surface area contributed by atoms with Crippen LogP contribution in [0.5, 0.6) is 0 Å². The van der Waals surface area contributed by atoms with E-state index in [1.165, 1.54) is 4.90 Å². The number of anilines is 1. The van der Waals surface area contributed by atoms with Crippen LogP contribution in [-0.2, 0) is 13.0 Å². The molecule has 1 aromatic heterocycles. The molecule has 1 saturated heterocycles. The molecular formula is C12H17N5O2. The third-order valence-electron chi connectivity index (χ3n) is 3.67. The van der Waals surface area contributed by atoms with Gasteiger partial charge >= 0.3 is 6.09 Å². The fourth-order valence-electron chi connectivity index (χ4n) is 2.64. The van der Waals surface area contributed by atoms with Crippen LogP contribution in [0.4, 0.5) is 10.6 Å². The van der Waals surface area contributed by atoms with Crippen LogP contribution in [0.25, 0.3) is 0 Å². The first-order chi connectivity index (χ1) is 9.24. The maximum Gasteiger partial charge on any atom is 0.407 e. The first-order valence-corrected chi connectivity index (χ1v) is 6.52. The van der Waals surface area contributed by atoms with Crippen LogP contribution in [-0.4, -0.2) is 51.7 Å². The Kier molecular flexibility index (Phi) is 3.20. The minimum Gasteiger partial charge on any atom is -0.465 e. The van der Waals surface area contributed by atoms with E-state index in [9.17, 15) is 4.79 Å². The van der Waals surface area contributed by atoms with E-state index in [2.05, 4.69) is 20.6 Å². The predicted octanol–water partition coefficient (Wildman–Crippen LogP) is 0.286. The molecule has 1 atom stereocenters. The van der Waals surface area contributed by atoms with Crippen molar-refractivity contribution in [3.63, 3.8) is 0 Å². The van der Waals surface area contributed by atoms with Gasteiger partial charge in [-0.3, -0.25) is 0 Å². The van der Waals surface area contributed by atoms with Crippen LogP contribution in [0.1, 0.15) is 17.7 Å². The number of fused-ring (bicyclic) bond motifs is 1. The minimum absolute atomic E-state index is 0.136. The number of nitrogens with zero attached hydrogens (tertiary/aromatic N) is 3. The largest absolute Gasteiger partial charge is 0.465 e. The lowest BCUT2D eigenvalue weighted by atomic mass is 10.1. The fraction of sp³-hybridized carbons (Fsp3) is 0.583. The maximum absolute atomic E-state index is 10.9. The maximum atomic E-state index is 10.9. The summed E-state index contributed by atoms with van der Waals surface area (Å²) in [6.07, 6.45) is 2.46. The first-order valence-electron chi connectivity index (χ1n) is 6.52. The van der Waals surface area contributed by atoms with Crippen molar-refractivity contribution >= 4 is 11.9 Å². The molecule has 2 aliphatic rings. The summed E-state index contributed by atoms with van der Waals surface area (Å²) >= 11 is 0. The topological polar surface area (TPSA) is 90.4 Å². The van der Waals surface area contributed by atoms with Crippen molar-refractivity contribution in [2.75, 3.05) is 25.0 Å². The molecule has 7 heteroatoms. The summed E-state index contributed by atoms with van der Waals surface area (Å²) in [5, 5.41) is 15.6. The molecule has 7 nitrogen and oxygen atoms in total.